The Bertz CT molecular complexity index is 739. The number of nitrogens with one attached hydrogen (secondary N) is 1. The van der Waals surface area contributed by atoms with Gasteiger partial charge < -0.3 is 9.15 Å². The summed E-state index contributed by atoms with van der Waals surface area (Å²) in [5.41, 5.74) is 0.488. The van der Waals surface area contributed by atoms with Crippen LogP contribution < -0.4 is 5.76 Å². The van der Waals surface area contributed by atoms with Crippen LogP contribution in [0.2, 0.25) is 0 Å². The molecule has 2 rings (SSSR count). The number of aromatic amines is 1. The zero-order valence-corrected chi connectivity index (χ0v) is 10.6. The molecule has 0 aliphatic carbocycles. The molecule has 0 aliphatic rings. The van der Waals surface area contributed by atoms with Crippen molar-refractivity contribution in [3.8, 4) is 0 Å². The van der Waals surface area contributed by atoms with Gasteiger partial charge in [0.15, 0.2) is 11.4 Å². The normalized spacial score (nSPS) is 10.4. The third-order valence-electron chi connectivity index (χ3n) is 2.57. The van der Waals surface area contributed by atoms with Gasteiger partial charge in [-0.05, 0) is 19.1 Å². The summed E-state index contributed by atoms with van der Waals surface area (Å²) in [5, 5.41) is 0. The van der Waals surface area contributed by atoms with Gasteiger partial charge in [0.25, 0.3) is 0 Å². The number of Topliss-reactive ketones (excluding diaryl/α,β-unsaturated/α-hetero) is 2. The first-order valence-electron chi connectivity index (χ1n) is 5.88. The lowest BCUT2D eigenvalue weighted by Gasteiger charge is -2.01. The Morgan fingerprint density at radius 3 is 2.75 bits per heavy atom. The standard InChI is InChI=1S/C13H11NO6/c1-2-19-12(17)10(16)6-9(15)7-4-3-5-8-11(7)20-13(18)14-8/h3-5H,2,6H2,1H3,(H,14,18). The lowest BCUT2D eigenvalue weighted by Crippen LogP contribution is -2.20. The monoisotopic (exact) mass is 277 g/mol. The first-order valence-corrected chi connectivity index (χ1v) is 5.88. The van der Waals surface area contributed by atoms with E-state index < -0.39 is 29.7 Å². The molecule has 0 saturated heterocycles. The first-order chi connectivity index (χ1) is 9.52. The summed E-state index contributed by atoms with van der Waals surface area (Å²) in [6.07, 6.45) is -0.632. The highest BCUT2D eigenvalue weighted by molar-refractivity contribution is 6.38. The van der Waals surface area contributed by atoms with Gasteiger partial charge in [-0.15, -0.1) is 0 Å². The van der Waals surface area contributed by atoms with Crippen LogP contribution in [0.25, 0.3) is 11.1 Å². The van der Waals surface area contributed by atoms with Crippen molar-refractivity contribution >= 4 is 28.6 Å². The minimum Gasteiger partial charge on any atom is -0.460 e. The number of hydrogen-bond donors (Lipinski definition) is 1. The molecule has 0 fully saturated rings. The molecule has 1 heterocycles. The number of esters is 1. The molecule has 1 aromatic heterocycles. The molecule has 1 aromatic carbocycles. The van der Waals surface area contributed by atoms with Crippen LogP contribution in [0.4, 0.5) is 0 Å². The quantitative estimate of drug-likeness (QED) is 0.375. The largest absolute Gasteiger partial charge is 0.460 e. The van der Waals surface area contributed by atoms with Crippen LogP contribution in [0.1, 0.15) is 23.7 Å². The minimum absolute atomic E-state index is 0.0566. The number of ether oxygens (including phenoxy) is 1. The molecule has 0 bridgehead atoms. The topological polar surface area (TPSA) is 106 Å². The number of fused-ring (bicyclic) bond motifs is 1. The van der Waals surface area contributed by atoms with Crippen molar-refractivity contribution in [2.75, 3.05) is 6.61 Å². The molecular weight excluding hydrogens is 266 g/mol. The van der Waals surface area contributed by atoms with E-state index in [1.807, 2.05) is 0 Å². The van der Waals surface area contributed by atoms with Crippen LogP contribution in [0.3, 0.4) is 0 Å². The van der Waals surface area contributed by atoms with Crippen molar-refractivity contribution in [2.45, 2.75) is 13.3 Å². The fourth-order valence-corrected chi connectivity index (χ4v) is 1.72. The van der Waals surface area contributed by atoms with E-state index in [1.54, 1.807) is 13.0 Å². The van der Waals surface area contributed by atoms with E-state index >= 15 is 0 Å². The molecule has 2 aromatic rings. The highest BCUT2D eigenvalue weighted by Gasteiger charge is 2.22. The maximum absolute atomic E-state index is 12.0. The highest BCUT2D eigenvalue weighted by atomic mass is 16.5. The summed E-state index contributed by atoms with van der Waals surface area (Å²) in [6.45, 7) is 1.61. The Hall–Kier alpha value is -2.70. The molecule has 7 heteroatoms. The zero-order valence-electron chi connectivity index (χ0n) is 10.6. The number of carbonyl (C=O) groups is 3. The number of benzene rings is 1. The molecular formula is C13H11NO6. The van der Waals surface area contributed by atoms with Crippen molar-refractivity contribution < 1.29 is 23.5 Å². The smallest absolute Gasteiger partial charge is 0.417 e. The number of rotatable bonds is 5. The van der Waals surface area contributed by atoms with E-state index in [2.05, 4.69) is 9.72 Å². The molecule has 0 unspecified atom stereocenters. The van der Waals surface area contributed by atoms with E-state index in [0.717, 1.165) is 0 Å². The third kappa shape index (κ3) is 2.66. The second-order valence-corrected chi connectivity index (χ2v) is 3.94. The summed E-state index contributed by atoms with van der Waals surface area (Å²) in [4.78, 5) is 48.1. The predicted octanol–water partition coefficient (Wildman–Crippen LogP) is 0.826. The van der Waals surface area contributed by atoms with Crippen LogP contribution in [0.5, 0.6) is 0 Å². The molecule has 104 valence electrons. The van der Waals surface area contributed by atoms with Crippen molar-refractivity contribution in [1.29, 1.82) is 0 Å². The van der Waals surface area contributed by atoms with E-state index in [9.17, 15) is 19.2 Å². The highest BCUT2D eigenvalue weighted by Crippen LogP contribution is 2.17. The Labute approximate surface area is 112 Å². The van der Waals surface area contributed by atoms with E-state index in [-0.39, 0.29) is 17.8 Å². The summed E-state index contributed by atoms with van der Waals surface area (Å²) >= 11 is 0. The van der Waals surface area contributed by atoms with Gasteiger partial charge in [0.2, 0.25) is 5.78 Å². The number of aromatic nitrogens is 1. The molecule has 0 radical (unpaired) electrons. The number of carbonyl (C=O) groups excluding carboxylic acids is 3. The molecule has 0 spiro atoms. The second-order valence-electron chi connectivity index (χ2n) is 3.94. The van der Waals surface area contributed by atoms with Gasteiger partial charge in [-0.1, -0.05) is 6.07 Å². The number of H-pyrrole nitrogens is 1. The maximum atomic E-state index is 12.0. The zero-order chi connectivity index (χ0) is 14.7. The first kappa shape index (κ1) is 13.7. The molecule has 0 saturated carbocycles. The van der Waals surface area contributed by atoms with Crippen LogP contribution in [-0.4, -0.2) is 29.1 Å². The van der Waals surface area contributed by atoms with Crippen molar-refractivity contribution in [3.05, 3.63) is 34.3 Å². The lowest BCUT2D eigenvalue weighted by molar-refractivity contribution is -0.153. The van der Waals surface area contributed by atoms with Crippen LogP contribution in [0, 0.1) is 0 Å². The van der Waals surface area contributed by atoms with Gasteiger partial charge in [-0.25, -0.2) is 9.59 Å². The van der Waals surface area contributed by atoms with Gasteiger partial charge in [0.05, 0.1) is 24.1 Å². The van der Waals surface area contributed by atoms with Gasteiger partial charge in [0.1, 0.15) is 0 Å². The number of oxazole rings is 1. The predicted molar refractivity (Wildman–Crippen MR) is 67.4 cm³/mol. The Morgan fingerprint density at radius 2 is 2.05 bits per heavy atom. The van der Waals surface area contributed by atoms with Crippen molar-refractivity contribution in [1.82, 2.24) is 4.98 Å². The molecule has 20 heavy (non-hydrogen) atoms. The molecule has 0 amide bonds. The minimum atomic E-state index is -1.05. The summed E-state index contributed by atoms with van der Waals surface area (Å²) in [7, 11) is 0. The van der Waals surface area contributed by atoms with Crippen LogP contribution in [-0.2, 0) is 14.3 Å². The van der Waals surface area contributed by atoms with Gasteiger partial charge in [-0.3, -0.25) is 14.6 Å². The maximum Gasteiger partial charge on any atom is 0.417 e. The van der Waals surface area contributed by atoms with E-state index in [0.29, 0.717) is 5.52 Å². The number of para-hydroxylation sites is 1. The van der Waals surface area contributed by atoms with E-state index in [1.165, 1.54) is 12.1 Å². The molecule has 0 atom stereocenters. The fraction of sp³-hybridized carbons (Fsp3) is 0.231. The Balaban J connectivity index is 2.26. The average molecular weight is 277 g/mol. The summed E-state index contributed by atoms with van der Waals surface area (Å²) in [5.74, 6) is -3.30. The Kier molecular flexibility index (Phi) is 3.79. The van der Waals surface area contributed by atoms with Crippen molar-refractivity contribution in [3.63, 3.8) is 0 Å². The number of hydrogen-bond acceptors (Lipinski definition) is 6. The number of ketones is 2. The Morgan fingerprint density at radius 1 is 1.30 bits per heavy atom. The SMILES string of the molecule is CCOC(=O)C(=O)CC(=O)c1cccc2[nH]c(=O)oc12. The lowest BCUT2D eigenvalue weighted by atomic mass is 10.1. The average Bonchev–Trinajstić information content (AvgIpc) is 2.78. The fourth-order valence-electron chi connectivity index (χ4n) is 1.72. The van der Waals surface area contributed by atoms with Crippen LogP contribution >= 0.6 is 0 Å². The van der Waals surface area contributed by atoms with Crippen LogP contribution in [0.15, 0.2) is 27.4 Å². The van der Waals surface area contributed by atoms with E-state index in [4.69, 9.17) is 4.42 Å². The third-order valence-corrected chi connectivity index (χ3v) is 2.57. The summed E-state index contributed by atoms with van der Waals surface area (Å²) < 4.78 is 9.36. The van der Waals surface area contributed by atoms with Gasteiger partial charge in [0, 0.05) is 0 Å². The second kappa shape index (κ2) is 5.52. The molecule has 1 N–H and O–H groups in total. The molecule has 0 aliphatic heterocycles. The van der Waals surface area contributed by atoms with Gasteiger partial charge in [-0.2, -0.15) is 0 Å². The van der Waals surface area contributed by atoms with Crippen molar-refractivity contribution in [2.24, 2.45) is 0 Å². The molecule has 7 nitrogen and oxygen atoms in total. The summed E-state index contributed by atoms with van der Waals surface area (Å²) in [6, 6.07) is 4.51. The van der Waals surface area contributed by atoms with Gasteiger partial charge >= 0.3 is 11.7 Å².